The topological polar surface area (TPSA) is 84.1 Å². The molecule has 0 aliphatic carbocycles. The van der Waals surface area contributed by atoms with E-state index in [-0.39, 0.29) is 6.54 Å². The summed E-state index contributed by atoms with van der Waals surface area (Å²) in [5.41, 5.74) is -2.08. The van der Waals surface area contributed by atoms with Crippen LogP contribution in [0, 0.1) is 0 Å². The van der Waals surface area contributed by atoms with Crippen molar-refractivity contribution in [1.29, 1.82) is 0 Å². The summed E-state index contributed by atoms with van der Waals surface area (Å²) in [6, 6.07) is 4.73. The molecule has 122 valence electrons. The summed E-state index contributed by atoms with van der Waals surface area (Å²) in [7, 11) is 1.46. The van der Waals surface area contributed by atoms with Crippen molar-refractivity contribution in [3.8, 4) is 5.88 Å². The number of carbonyl (C=O) groups is 1. The number of alkyl halides is 3. The number of hydrogen-bond donors (Lipinski definition) is 2. The van der Waals surface area contributed by atoms with E-state index in [1.165, 1.54) is 13.3 Å². The number of ether oxygens (including phenoxy) is 1. The number of carbonyl (C=O) groups excluding carboxylic acids is 1. The molecule has 2 aromatic rings. The van der Waals surface area contributed by atoms with E-state index in [2.05, 4.69) is 10.3 Å². The molecular formula is C14H12F3N3O3. The molecule has 0 saturated heterocycles. The number of hydrogen-bond acceptors (Lipinski definition) is 4. The second-order valence-electron chi connectivity index (χ2n) is 4.50. The van der Waals surface area contributed by atoms with E-state index in [9.17, 15) is 22.8 Å². The Bertz CT molecular complexity index is 754. The fraction of sp³-hybridized carbons (Fsp3) is 0.214. The lowest BCUT2D eigenvalue weighted by molar-refractivity contribution is -0.141. The average molecular weight is 327 g/mol. The molecule has 2 N–H and O–H groups in total. The van der Waals surface area contributed by atoms with Gasteiger partial charge in [0.1, 0.15) is 11.3 Å². The zero-order chi connectivity index (χ0) is 17.0. The van der Waals surface area contributed by atoms with E-state index in [1.807, 2.05) is 0 Å². The normalized spacial score (nSPS) is 11.1. The van der Waals surface area contributed by atoms with Crippen molar-refractivity contribution >= 4 is 5.91 Å². The Balaban J connectivity index is 2.07. The zero-order valence-corrected chi connectivity index (χ0v) is 11.9. The number of rotatable bonds is 4. The van der Waals surface area contributed by atoms with Gasteiger partial charge in [-0.15, -0.1) is 0 Å². The molecular weight excluding hydrogens is 315 g/mol. The van der Waals surface area contributed by atoms with Crippen molar-refractivity contribution < 1.29 is 22.7 Å². The second kappa shape index (κ2) is 6.51. The molecule has 1 amide bonds. The van der Waals surface area contributed by atoms with Crippen molar-refractivity contribution in [1.82, 2.24) is 15.3 Å². The van der Waals surface area contributed by atoms with E-state index >= 15 is 0 Å². The summed E-state index contributed by atoms with van der Waals surface area (Å²) in [5, 5.41) is 2.43. The van der Waals surface area contributed by atoms with Crippen LogP contribution in [0.3, 0.4) is 0 Å². The number of nitrogens with zero attached hydrogens (tertiary/aromatic N) is 1. The minimum absolute atomic E-state index is 0.0658. The van der Waals surface area contributed by atoms with Gasteiger partial charge >= 0.3 is 6.18 Å². The molecule has 2 aromatic heterocycles. The molecule has 6 nitrogen and oxygen atoms in total. The Morgan fingerprint density at radius 2 is 2.04 bits per heavy atom. The monoisotopic (exact) mass is 327 g/mol. The first-order valence-corrected chi connectivity index (χ1v) is 6.39. The Labute approximate surface area is 128 Å². The van der Waals surface area contributed by atoms with Crippen LogP contribution in [0.15, 0.2) is 35.3 Å². The van der Waals surface area contributed by atoms with Crippen molar-refractivity contribution in [3.05, 3.63) is 57.6 Å². The van der Waals surface area contributed by atoms with Crippen LogP contribution in [0.5, 0.6) is 5.88 Å². The third-order valence-corrected chi connectivity index (χ3v) is 2.92. The first-order chi connectivity index (χ1) is 10.8. The number of pyridine rings is 2. The summed E-state index contributed by atoms with van der Waals surface area (Å²) in [6.45, 7) is 0.0658. The van der Waals surface area contributed by atoms with Crippen LogP contribution in [0.25, 0.3) is 0 Å². The highest BCUT2D eigenvalue weighted by Crippen LogP contribution is 2.26. The third kappa shape index (κ3) is 4.09. The number of methoxy groups -OCH3 is 1. The van der Waals surface area contributed by atoms with E-state index in [0.29, 0.717) is 17.5 Å². The van der Waals surface area contributed by atoms with Crippen molar-refractivity contribution in [2.75, 3.05) is 7.11 Å². The van der Waals surface area contributed by atoms with E-state index in [1.54, 1.807) is 17.1 Å². The maximum absolute atomic E-state index is 12.4. The predicted molar refractivity (Wildman–Crippen MR) is 74.0 cm³/mol. The Morgan fingerprint density at radius 1 is 1.30 bits per heavy atom. The van der Waals surface area contributed by atoms with E-state index < -0.39 is 28.9 Å². The molecule has 2 rings (SSSR count). The average Bonchev–Trinajstić information content (AvgIpc) is 2.52. The molecule has 0 saturated carbocycles. The van der Waals surface area contributed by atoms with Crippen molar-refractivity contribution in [2.24, 2.45) is 0 Å². The van der Waals surface area contributed by atoms with Crippen LogP contribution in [0.1, 0.15) is 21.6 Å². The van der Waals surface area contributed by atoms with Crippen LogP contribution in [0.2, 0.25) is 0 Å². The number of aromatic nitrogens is 2. The van der Waals surface area contributed by atoms with Gasteiger partial charge in [-0.05, 0) is 17.7 Å². The van der Waals surface area contributed by atoms with Gasteiger partial charge < -0.3 is 15.0 Å². The molecule has 0 bridgehead atoms. The van der Waals surface area contributed by atoms with Crippen LogP contribution in [0.4, 0.5) is 13.2 Å². The molecule has 0 radical (unpaired) electrons. The van der Waals surface area contributed by atoms with Gasteiger partial charge in [0.25, 0.3) is 11.5 Å². The summed E-state index contributed by atoms with van der Waals surface area (Å²) >= 11 is 0. The van der Waals surface area contributed by atoms with Gasteiger partial charge in [-0.25, -0.2) is 4.98 Å². The molecule has 0 fully saturated rings. The van der Waals surface area contributed by atoms with Gasteiger partial charge in [0.15, 0.2) is 0 Å². The number of nitrogens with one attached hydrogen (secondary N) is 2. The fourth-order valence-corrected chi connectivity index (χ4v) is 1.73. The highest BCUT2D eigenvalue weighted by molar-refractivity contribution is 5.93. The molecule has 2 heterocycles. The lowest BCUT2D eigenvalue weighted by Crippen LogP contribution is -2.30. The summed E-state index contributed by atoms with van der Waals surface area (Å²) in [4.78, 5) is 29.0. The van der Waals surface area contributed by atoms with Crippen LogP contribution in [-0.4, -0.2) is 23.0 Å². The Hall–Kier alpha value is -2.84. The summed E-state index contributed by atoms with van der Waals surface area (Å²) in [6.07, 6.45) is -3.21. The number of halogens is 3. The summed E-state index contributed by atoms with van der Waals surface area (Å²) in [5.74, 6) is -0.380. The standard InChI is InChI=1S/C14H12F3N3O3/c1-23-11-5-2-8(6-18-11)7-19-12(21)9-3-4-10(14(15,16)17)20-13(9)22/h2-6H,7H2,1H3,(H,19,21)(H,20,22). The molecule has 23 heavy (non-hydrogen) atoms. The fourth-order valence-electron chi connectivity index (χ4n) is 1.73. The Morgan fingerprint density at radius 3 is 2.57 bits per heavy atom. The van der Waals surface area contributed by atoms with Gasteiger partial charge in [-0.3, -0.25) is 9.59 Å². The quantitative estimate of drug-likeness (QED) is 0.896. The highest BCUT2D eigenvalue weighted by atomic mass is 19.4. The largest absolute Gasteiger partial charge is 0.481 e. The van der Waals surface area contributed by atoms with Gasteiger partial charge in [0, 0.05) is 18.8 Å². The maximum atomic E-state index is 12.4. The lowest BCUT2D eigenvalue weighted by Gasteiger charge is -2.08. The molecule has 0 atom stereocenters. The lowest BCUT2D eigenvalue weighted by atomic mass is 10.2. The van der Waals surface area contributed by atoms with Gasteiger partial charge in [0.05, 0.1) is 7.11 Å². The number of aromatic amines is 1. The summed E-state index contributed by atoms with van der Waals surface area (Å²) < 4.78 is 42.2. The van der Waals surface area contributed by atoms with Crippen LogP contribution < -0.4 is 15.6 Å². The highest BCUT2D eigenvalue weighted by Gasteiger charge is 2.32. The van der Waals surface area contributed by atoms with E-state index in [4.69, 9.17) is 4.74 Å². The van der Waals surface area contributed by atoms with Crippen molar-refractivity contribution in [3.63, 3.8) is 0 Å². The van der Waals surface area contributed by atoms with Crippen molar-refractivity contribution in [2.45, 2.75) is 12.7 Å². The molecule has 0 unspecified atom stereocenters. The third-order valence-electron chi connectivity index (χ3n) is 2.92. The minimum atomic E-state index is -4.68. The number of H-pyrrole nitrogens is 1. The first kappa shape index (κ1) is 16.5. The second-order valence-corrected chi connectivity index (χ2v) is 4.50. The van der Waals surface area contributed by atoms with Gasteiger partial charge in [0.2, 0.25) is 5.88 Å². The first-order valence-electron chi connectivity index (χ1n) is 6.39. The Kier molecular flexibility index (Phi) is 4.68. The van der Waals surface area contributed by atoms with Gasteiger partial charge in [-0.1, -0.05) is 6.07 Å². The predicted octanol–water partition coefficient (Wildman–Crippen LogP) is 1.73. The van der Waals surface area contributed by atoms with Gasteiger partial charge in [-0.2, -0.15) is 13.2 Å². The zero-order valence-electron chi connectivity index (χ0n) is 11.9. The molecule has 0 aliphatic rings. The smallest absolute Gasteiger partial charge is 0.431 e. The minimum Gasteiger partial charge on any atom is -0.481 e. The van der Waals surface area contributed by atoms with Crippen LogP contribution in [-0.2, 0) is 12.7 Å². The molecule has 0 spiro atoms. The SMILES string of the molecule is COc1ccc(CNC(=O)c2ccc(C(F)(F)F)[nH]c2=O)cn1. The van der Waals surface area contributed by atoms with Crippen LogP contribution >= 0.6 is 0 Å². The molecule has 0 aliphatic heterocycles. The molecule has 0 aromatic carbocycles. The number of amides is 1. The van der Waals surface area contributed by atoms with E-state index in [0.717, 1.165) is 6.07 Å². The maximum Gasteiger partial charge on any atom is 0.431 e. The molecule has 9 heteroatoms.